The molecule has 0 atom stereocenters. The van der Waals surface area contributed by atoms with Crippen molar-refractivity contribution in [2.45, 2.75) is 33.1 Å². The average Bonchev–Trinajstić information content (AvgIpc) is 2.84. The number of fused-ring (bicyclic) bond motifs is 1. The van der Waals surface area contributed by atoms with E-state index in [-0.39, 0.29) is 0 Å². The highest BCUT2D eigenvalue weighted by molar-refractivity contribution is 7.16. The standard InChI is InChI=1S/C19H25N3S/c1-3-22(4-2)16-11-8-15(9-12-16)10-13-18-21-17-7-5-6-14-20-19(17)23-18/h8-13,20H,3-7,14H2,1-2H3/b13-10+. The summed E-state index contributed by atoms with van der Waals surface area (Å²) in [5.41, 5.74) is 3.75. The fourth-order valence-corrected chi connectivity index (χ4v) is 3.86. The smallest absolute Gasteiger partial charge is 0.118 e. The molecule has 0 bridgehead atoms. The predicted octanol–water partition coefficient (Wildman–Crippen LogP) is 4.91. The number of hydrogen-bond acceptors (Lipinski definition) is 4. The number of hydrogen-bond donors (Lipinski definition) is 1. The van der Waals surface area contributed by atoms with Crippen molar-refractivity contribution in [3.8, 4) is 0 Å². The van der Waals surface area contributed by atoms with Crippen LogP contribution in [-0.2, 0) is 6.42 Å². The lowest BCUT2D eigenvalue weighted by molar-refractivity contribution is 0.774. The van der Waals surface area contributed by atoms with Crippen molar-refractivity contribution >= 4 is 34.2 Å². The van der Waals surface area contributed by atoms with Crippen molar-refractivity contribution < 1.29 is 0 Å². The van der Waals surface area contributed by atoms with E-state index in [1.54, 1.807) is 11.3 Å². The monoisotopic (exact) mass is 327 g/mol. The van der Waals surface area contributed by atoms with Crippen LogP contribution in [0.25, 0.3) is 12.2 Å². The van der Waals surface area contributed by atoms with Gasteiger partial charge in [0.15, 0.2) is 0 Å². The molecule has 1 aliphatic rings. The van der Waals surface area contributed by atoms with Gasteiger partial charge in [0.2, 0.25) is 0 Å². The van der Waals surface area contributed by atoms with E-state index in [9.17, 15) is 0 Å². The summed E-state index contributed by atoms with van der Waals surface area (Å²) in [5, 5.41) is 5.85. The molecule has 0 fully saturated rings. The molecule has 2 heterocycles. The van der Waals surface area contributed by atoms with Gasteiger partial charge in [-0.2, -0.15) is 0 Å². The maximum atomic E-state index is 4.76. The number of benzene rings is 1. The Bertz CT molecular complexity index is 630. The van der Waals surface area contributed by atoms with Crippen LogP contribution >= 0.6 is 11.3 Å². The molecule has 1 aromatic heterocycles. The lowest BCUT2D eigenvalue weighted by atomic mass is 10.2. The minimum absolute atomic E-state index is 1.04. The molecule has 23 heavy (non-hydrogen) atoms. The number of anilines is 2. The summed E-state index contributed by atoms with van der Waals surface area (Å²) >= 11 is 1.77. The van der Waals surface area contributed by atoms with Crippen LogP contribution in [0.2, 0.25) is 0 Å². The summed E-state index contributed by atoms with van der Waals surface area (Å²) in [6, 6.07) is 8.76. The Morgan fingerprint density at radius 3 is 2.65 bits per heavy atom. The molecule has 0 saturated heterocycles. The van der Waals surface area contributed by atoms with Crippen LogP contribution in [0.1, 0.15) is 43.0 Å². The first-order valence-electron chi connectivity index (χ1n) is 8.56. The summed E-state index contributed by atoms with van der Waals surface area (Å²) in [4.78, 5) is 7.12. The van der Waals surface area contributed by atoms with Crippen LogP contribution < -0.4 is 10.2 Å². The Balaban J connectivity index is 1.70. The van der Waals surface area contributed by atoms with E-state index < -0.39 is 0 Å². The van der Waals surface area contributed by atoms with Crippen molar-refractivity contribution in [2.24, 2.45) is 0 Å². The van der Waals surface area contributed by atoms with Gasteiger partial charge in [0.05, 0.1) is 5.69 Å². The van der Waals surface area contributed by atoms with Gasteiger partial charge in [-0.15, -0.1) is 0 Å². The average molecular weight is 327 g/mol. The second kappa shape index (κ2) is 7.64. The topological polar surface area (TPSA) is 28.2 Å². The predicted molar refractivity (Wildman–Crippen MR) is 102 cm³/mol. The first-order valence-corrected chi connectivity index (χ1v) is 9.38. The number of nitrogens with zero attached hydrogens (tertiary/aromatic N) is 2. The molecule has 4 heteroatoms. The maximum absolute atomic E-state index is 4.76. The molecule has 3 nitrogen and oxygen atoms in total. The number of thiazole rings is 1. The second-order valence-electron chi connectivity index (χ2n) is 5.81. The molecule has 0 aliphatic carbocycles. The second-order valence-corrected chi connectivity index (χ2v) is 6.84. The third-order valence-electron chi connectivity index (χ3n) is 4.28. The van der Waals surface area contributed by atoms with Gasteiger partial charge in [-0.05, 0) is 56.9 Å². The fraction of sp³-hybridized carbons (Fsp3) is 0.421. The van der Waals surface area contributed by atoms with E-state index in [4.69, 9.17) is 4.98 Å². The van der Waals surface area contributed by atoms with Crippen molar-refractivity contribution in [1.82, 2.24) is 4.98 Å². The van der Waals surface area contributed by atoms with E-state index in [1.165, 1.54) is 34.8 Å². The van der Waals surface area contributed by atoms with E-state index in [2.05, 4.69) is 60.5 Å². The number of aryl methyl sites for hydroxylation is 1. The van der Waals surface area contributed by atoms with Gasteiger partial charge < -0.3 is 10.2 Å². The van der Waals surface area contributed by atoms with Gasteiger partial charge >= 0.3 is 0 Å². The number of nitrogens with one attached hydrogen (secondary N) is 1. The van der Waals surface area contributed by atoms with Crippen molar-refractivity contribution in [2.75, 3.05) is 29.9 Å². The zero-order valence-corrected chi connectivity index (χ0v) is 14.8. The lowest BCUT2D eigenvalue weighted by Gasteiger charge is -2.20. The maximum Gasteiger partial charge on any atom is 0.118 e. The molecular weight excluding hydrogens is 302 g/mol. The number of rotatable bonds is 5. The number of aromatic nitrogens is 1. The molecule has 2 aromatic rings. The Kier molecular flexibility index (Phi) is 5.34. The molecule has 1 aromatic carbocycles. The summed E-state index contributed by atoms with van der Waals surface area (Å²) in [6.07, 6.45) is 7.87. The molecule has 0 radical (unpaired) electrons. The summed E-state index contributed by atoms with van der Waals surface area (Å²) in [5.74, 6) is 0. The molecule has 0 unspecified atom stereocenters. The van der Waals surface area contributed by atoms with Crippen LogP contribution in [0.5, 0.6) is 0 Å². The van der Waals surface area contributed by atoms with Gasteiger partial charge in [-0.1, -0.05) is 29.5 Å². The minimum Gasteiger partial charge on any atom is -0.375 e. The highest BCUT2D eigenvalue weighted by atomic mass is 32.1. The fourth-order valence-electron chi connectivity index (χ4n) is 2.92. The van der Waals surface area contributed by atoms with E-state index in [0.29, 0.717) is 0 Å². The lowest BCUT2D eigenvalue weighted by Crippen LogP contribution is -2.21. The third kappa shape index (κ3) is 3.94. The van der Waals surface area contributed by atoms with Crippen LogP contribution in [0.3, 0.4) is 0 Å². The minimum atomic E-state index is 1.04. The zero-order valence-electron chi connectivity index (χ0n) is 14.0. The molecule has 122 valence electrons. The highest BCUT2D eigenvalue weighted by Crippen LogP contribution is 2.29. The van der Waals surface area contributed by atoms with Crippen LogP contribution in [0.15, 0.2) is 24.3 Å². The first-order chi connectivity index (χ1) is 11.3. The van der Waals surface area contributed by atoms with Gasteiger partial charge in [0.1, 0.15) is 10.0 Å². The molecule has 0 amide bonds. The molecule has 1 N–H and O–H groups in total. The third-order valence-corrected chi connectivity index (χ3v) is 5.30. The molecular formula is C19H25N3S. The molecule has 1 aliphatic heterocycles. The first kappa shape index (κ1) is 16.1. The summed E-state index contributed by atoms with van der Waals surface area (Å²) < 4.78 is 0. The summed E-state index contributed by atoms with van der Waals surface area (Å²) in [6.45, 7) is 7.55. The van der Waals surface area contributed by atoms with Crippen molar-refractivity contribution in [1.29, 1.82) is 0 Å². The Morgan fingerprint density at radius 1 is 1.13 bits per heavy atom. The van der Waals surface area contributed by atoms with Crippen LogP contribution in [0, 0.1) is 0 Å². The SMILES string of the molecule is CCN(CC)c1ccc(/C=C/c2nc3c(s2)NCCCC3)cc1. The van der Waals surface area contributed by atoms with E-state index in [0.717, 1.165) is 31.1 Å². The Hall–Kier alpha value is -1.81. The normalized spacial score (nSPS) is 14.3. The molecule has 0 saturated carbocycles. The van der Waals surface area contributed by atoms with E-state index in [1.807, 2.05) is 0 Å². The van der Waals surface area contributed by atoms with Gasteiger partial charge in [0.25, 0.3) is 0 Å². The van der Waals surface area contributed by atoms with Crippen LogP contribution in [-0.4, -0.2) is 24.6 Å². The molecule has 0 spiro atoms. The Morgan fingerprint density at radius 2 is 1.91 bits per heavy atom. The van der Waals surface area contributed by atoms with Crippen molar-refractivity contribution in [3.63, 3.8) is 0 Å². The quantitative estimate of drug-likeness (QED) is 0.846. The highest BCUT2D eigenvalue weighted by Gasteiger charge is 2.12. The zero-order chi connectivity index (χ0) is 16.1. The largest absolute Gasteiger partial charge is 0.375 e. The van der Waals surface area contributed by atoms with Crippen molar-refractivity contribution in [3.05, 3.63) is 40.5 Å². The van der Waals surface area contributed by atoms with Gasteiger partial charge in [0, 0.05) is 25.3 Å². The van der Waals surface area contributed by atoms with Crippen LogP contribution in [0.4, 0.5) is 10.7 Å². The van der Waals surface area contributed by atoms with Gasteiger partial charge in [-0.3, -0.25) is 0 Å². The Labute approximate surface area is 143 Å². The summed E-state index contributed by atoms with van der Waals surface area (Å²) in [7, 11) is 0. The van der Waals surface area contributed by atoms with Gasteiger partial charge in [-0.25, -0.2) is 4.98 Å². The van der Waals surface area contributed by atoms with E-state index >= 15 is 0 Å². The molecule has 3 rings (SSSR count).